The van der Waals surface area contributed by atoms with Gasteiger partial charge in [0.25, 0.3) is 0 Å². The van der Waals surface area contributed by atoms with Crippen LogP contribution in [0.5, 0.6) is 0 Å². The van der Waals surface area contributed by atoms with E-state index in [1.165, 1.54) is 23.1 Å². The minimum atomic E-state index is -0.642. The molecule has 1 fully saturated rings. The summed E-state index contributed by atoms with van der Waals surface area (Å²) < 4.78 is 0. The first-order valence-corrected chi connectivity index (χ1v) is 7.15. The molecule has 1 aliphatic rings. The van der Waals surface area contributed by atoms with Gasteiger partial charge in [0.1, 0.15) is 0 Å². The highest BCUT2D eigenvalue weighted by atomic mass is 35.5. The van der Waals surface area contributed by atoms with Gasteiger partial charge in [0.2, 0.25) is 5.91 Å². The molecule has 0 aromatic heterocycles. The number of benzene rings is 1. The molecule has 1 aromatic rings. The zero-order valence-corrected chi connectivity index (χ0v) is 13.2. The lowest BCUT2D eigenvalue weighted by molar-refractivity contribution is -0.127. The lowest BCUT2D eigenvalue weighted by atomic mass is 9.82. The monoisotopic (exact) mass is 296 g/mol. The van der Waals surface area contributed by atoms with Crippen molar-refractivity contribution in [2.75, 3.05) is 0 Å². The molecule has 0 unspecified atom stereocenters. The third-order valence-electron chi connectivity index (χ3n) is 4.14. The average Bonchev–Trinajstić information content (AvgIpc) is 2.38. The Balaban J connectivity index is 0.00000200. The molecule has 20 heavy (non-hydrogen) atoms. The van der Waals surface area contributed by atoms with E-state index in [0.29, 0.717) is 6.54 Å². The van der Waals surface area contributed by atoms with Gasteiger partial charge in [0, 0.05) is 6.54 Å². The minimum Gasteiger partial charge on any atom is -0.350 e. The normalized spacial score (nSPS) is 17.1. The maximum absolute atomic E-state index is 12.2. The van der Waals surface area contributed by atoms with E-state index in [-0.39, 0.29) is 18.3 Å². The van der Waals surface area contributed by atoms with E-state index in [1.54, 1.807) is 0 Å². The van der Waals surface area contributed by atoms with E-state index in [0.717, 1.165) is 25.7 Å². The number of nitrogens with one attached hydrogen (secondary N) is 1. The lowest BCUT2D eigenvalue weighted by Crippen LogP contribution is -2.54. The zero-order chi connectivity index (χ0) is 13.9. The van der Waals surface area contributed by atoms with Crippen LogP contribution < -0.4 is 11.1 Å². The van der Waals surface area contributed by atoms with Gasteiger partial charge in [0.15, 0.2) is 0 Å². The Hall–Kier alpha value is -1.06. The second-order valence-corrected chi connectivity index (χ2v) is 5.83. The zero-order valence-electron chi connectivity index (χ0n) is 12.4. The number of carbonyl (C=O) groups is 1. The number of aryl methyl sites for hydroxylation is 2. The van der Waals surface area contributed by atoms with Crippen LogP contribution in [-0.2, 0) is 11.3 Å². The highest BCUT2D eigenvalue weighted by Gasteiger charge is 2.34. The molecule has 3 N–H and O–H groups in total. The molecule has 1 saturated carbocycles. The van der Waals surface area contributed by atoms with Crippen molar-refractivity contribution in [1.29, 1.82) is 0 Å². The number of halogens is 1. The van der Waals surface area contributed by atoms with Gasteiger partial charge in [-0.05, 0) is 37.8 Å². The van der Waals surface area contributed by atoms with E-state index in [1.807, 2.05) is 0 Å². The van der Waals surface area contributed by atoms with E-state index < -0.39 is 5.54 Å². The number of nitrogens with two attached hydrogens (primary N) is 1. The summed E-state index contributed by atoms with van der Waals surface area (Å²) in [5.74, 6) is 0.00664. The van der Waals surface area contributed by atoms with Gasteiger partial charge in [-0.3, -0.25) is 4.79 Å². The number of hydrogen-bond donors (Lipinski definition) is 2. The number of rotatable bonds is 3. The Morgan fingerprint density at radius 3 is 2.50 bits per heavy atom. The summed E-state index contributed by atoms with van der Waals surface area (Å²) in [6.07, 6.45) is 4.95. The van der Waals surface area contributed by atoms with Gasteiger partial charge in [-0.1, -0.05) is 43.0 Å². The van der Waals surface area contributed by atoms with E-state index >= 15 is 0 Å². The summed E-state index contributed by atoms with van der Waals surface area (Å²) in [7, 11) is 0. The largest absolute Gasteiger partial charge is 0.350 e. The molecule has 0 atom stereocenters. The maximum Gasteiger partial charge on any atom is 0.240 e. The molecule has 0 radical (unpaired) electrons. The van der Waals surface area contributed by atoms with Crippen LogP contribution in [0.15, 0.2) is 18.2 Å². The van der Waals surface area contributed by atoms with Crippen molar-refractivity contribution in [2.45, 2.75) is 58.0 Å². The Morgan fingerprint density at radius 1 is 1.25 bits per heavy atom. The highest BCUT2D eigenvalue weighted by Crippen LogP contribution is 2.26. The molecule has 0 spiro atoms. The van der Waals surface area contributed by atoms with Gasteiger partial charge < -0.3 is 11.1 Å². The molecule has 0 bridgehead atoms. The third kappa shape index (κ3) is 3.97. The molecule has 0 aliphatic heterocycles. The van der Waals surface area contributed by atoms with Crippen LogP contribution in [0.4, 0.5) is 0 Å². The van der Waals surface area contributed by atoms with Crippen LogP contribution in [0.1, 0.15) is 48.8 Å². The Bertz CT molecular complexity index is 468. The van der Waals surface area contributed by atoms with Gasteiger partial charge >= 0.3 is 0 Å². The first-order chi connectivity index (χ1) is 9.01. The van der Waals surface area contributed by atoms with Crippen molar-refractivity contribution in [2.24, 2.45) is 5.73 Å². The Morgan fingerprint density at radius 2 is 1.90 bits per heavy atom. The second-order valence-electron chi connectivity index (χ2n) is 5.83. The lowest BCUT2D eigenvalue weighted by Gasteiger charge is -2.31. The first kappa shape index (κ1) is 17.0. The van der Waals surface area contributed by atoms with Crippen molar-refractivity contribution in [1.82, 2.24) is 5.32 Å². The van der Waals surface area contributed by atoms with Crippen molar-refractivity contribution >= 4 is 18.3 Å². The summed E-state index contributed by atoms with van der Waals surface area (Å²) in [5, 5.41) is 3.01. The quantitative estimate of drug-likeness (QED) is 0.901. The number of amides is 1. The smallest absolute Gasteiger partial charge is 0.240 e. The highest BCUT2D eigenvalue weighted by molar-refractivity contribution is 5.86. The van der Waals surface area contributed by atoms with Crippen LogP contribution in [0.3, 0.4) is 0 Å². The summed E-state index contributed by atoms with van der Waals surface area (Å²) >= 11 is 0. The fourth-order valence-electron chi connectivity index (χ4n) is 2.81. The predicted octanol–water partition coefficient (Wildman–Crippen LogP) is 3.00. The molecular weight excluding hydrogens is 272 g/mol. The molecule has 2 rings (SSSR count). The van der Waals surface area contributed by atoms with Crippen LogP contribution in [0.2, 0.25) is 0 Å². The molecule has 1 aromatic carbocycles. The van der Waals surface area contributed by atoms with Crippen LogP contribution in [-0.4, -0.2) is 11.4 Å². The van der Waals surface area contributed by atoms with Crippen molar-refractivity contribution in [3.05, 3.63) is 34.9 Å². The van der Waals surface area contributed by atoms with E-state index in [2.05, 4.69) is 37.4 Å². The molecule has 0 saturated heterocycles. The van der Waals surface area contributed by atoms with E-state index in [4.69, 9.17) is 5.73 Å². The summed E-state index contributed by atoms with van der Waals surface area (Å²) in [4.78, 5) is 12.2. The fourth-order valence-corrected chi connectivity index (χ4v) is 2.81. The van der Waals surface area contributed by atoms with Crippen LogP contribution in [0, 0.1) is 13.8 Å². The Labute approximate surface area is 127 Å². The van der Waals surface area contributed by atoms with Gasteiger partial charge in [-0.25, -0.2) is 0 Å². The third-order valence-corrected chi connectivity index (χ3v) is 4.14. The minimum absolute atomic E-state index is 0. The molecular formula is C16H25ClN2O. The number of carbonyl (C=O) groups excluding carboxylic acids is 1. The van der Waals surface area contributed by atoms with Crippen molar-refractivity contribution in [3.8, 4) is 0 Å². The average molecular weight is 297 g/mol. The fraction of sp³-hybridized carbons (Fsp3) is 0.562. The van der Waals surface area contributed by atoms with Gasteiger partial charge in [-0.2, -0.15) is 0 Å². The van der Waals surface area contributed by atoms with Crippen molar-refractivity contribution < 1.29 is 4.79 Å². The van der Waals surface area contributed by atoms with Crippen LogP contribution in [0.25, 0.3) is 0 Å². The molecule has 1 aliphatic carbocycles. The summed E-state index contributed by atoms with van der Waals surface area (Å²) in [5.41, 5.74) is 9.20. The topological polar surface area (TPSA) is 55.1 Å². The molecule has 4 heteroatoms. The maximum atomic E-state index is 12.2. The van der Waals surface area contributed by atoms with Crippen molar-refractivity contribution in [3.63, 3.8) is 0 Å². The second kappa shape index (κ2) is 7.09. The first-order valence-electron chi connectivity index (χ1n) is 7.15. The molecule has 1 amide bonds. The molecule has 3 nitrogen and oxygen atoms in total. The predicted molar refractivity (Wildman–Crippen MR) is 85.0 cm³/mol. The SMILES string of the molecule is Cc1ccc(CNC(=O)C2(N)CCCCC2)c(C)c1.Cl. The van der Waals surface area contributed by atoms with Gasteiger partial charge in [0.05, 0.1) is 5.54 Å². The number of hydrogen-bond acceptors (Lipinski definition) is 2. The van der Waals surface area contributed by atoms with E-state index in [9.17, 15) is 4.79 Å². The summed E-state index contributed by atoms with van der Waals surface area (Å²) in [6.45, 7) is 4.73. The van der Waals surface area contributed by atoms with Gasteiger partial charge in [-0.15, -0.1) is 12.4 Å². The Kier molecular flexibility index (Phi) is 6.03. The molecule has 112 valence electrons. The standard InChI is InChI=1S/C16H24N2O.ClH/c1-12-6-7-14(13(2)10-12)11-18-15(19)16(17)8-4-3-5-9-16;/h6-7,10H,3-5,8-9,11,17H2,1-2H3,(H,18,19);1H. The van der Waals surface area contributed by atoms with Crippen LogP contribution >= 0.6 is 12.4 Å². The summed E-state index contributed by atoms with van der Waals surface area (Å²) in [6, 6.07) is 6.29. The molecule has 0 heterocycles.